The number of nitrogens with two attached hydrogens (primary N) is 1. The fourth-order valence-corrected chi connectivity index (χ4v) is 4.06. The SMILES string of the molecule is CC(C)CN(CC1(N)C2CCOC2C1(C)C)C(C)C. The van der Waals surface area contributed by atoms with Gasteiger partial charge in [-0.1, -0.05) is 27.7 Å². The number of hydrogen-bond acceptors (Lipinski definition) is 3. The van der Waals surface area contributed by atoms with Gasteiger partial charge in [-0.2, -0.15) is 0 Å². The van der Waals surface area contributed by atoms with E-state index < -0.39 is 0 Å². The number of nitrogens with zero attached hydrogens (tertiary/aromatic N) is 1. The first kappa shape index (κ1) is 15.3. The van der Waals surface area contributed by atoms with Gasteiger partial charge in [-0.15, -0.1) is 0 Å². The molecule has 0 aromatic heterocycles. The lowest BCUT2D eigenvalue weighted by molar-refractivity contribution is -0.165. The van der Waals surface area contributed by atoms with Crippen LogP contribution < -0.4 is 5.73 Å². The van der Waals surface area contributed by atoms with Crippen molar-refractivity contribution in [2.45, 2.75) is 65.6 Å². The molecular weight excluding hydrogens is 236 g/mol. The van der Waals surface area contributed by atoms with E-state index in [2.05, 4.69) is 46.4 Å². The summed E-state index contributed by atoms with van der Waals surface area (Å²) in [4.78, 5) is 2.56. The lowest BCUT2D eigenvalue weighted by Crippen LogP contribution is -2.78. The van der Waals surface area contributed by atoms with Gasteiger partial charge in [0, 0.05) is 42.6 Å². The first-order chi connectivity index (χ1) is 8.70. The minimum Gasteiger partial charge on any atom is -0.377 e. The van der Waals surface area contributed by atoms with Gasteiger partial charge in [-0.05, 0) is 26.2 Å². The van der Waals surface area contributed by atoms with E-state index in [1.165, 1.54) is 0 Å². The monoisotopic (exact) mass is 268 g/mol. The summed E-state index contributed by atoms with van der Waals surface area (Å²) < 4.78 is 5.89. The van der Waals surface area contributed by atoms with Crippen LogP contribution >= 0.6 is 0 Å². The van der Waals surface area contributed by atoms with Crippen LogP contribution in [0.4, 0.5) is 0 Å². The largest absolute Gasteiger partial charge is 0.377 e. The maximum atomic E-state index is 6.86. The molecule has 112 valence electrons. The molecule has 2 aliphatic rings. The highest BCUT2D eigenvalue weighted by Gasteiger charge is 2.67. The molecule has 0 amide bonds. The van der Waals surface area contributed by atoms with Gasteiger partial charge in [-0.25, -0.2) is 0 Å². The van der Waals surface area contributed by atoms with E-state index >= 15 is 0 Å². The third-order valence-electron chi connectivity index (χ3n) is 5.46. The molecule has 1 heterocycles. The summed E-state index contributed by atoms with van der Waals surface area (Å²) in [6, 6.07) is 0.556. The molecule has 1 saturated heterocycles. The molecule has 0 aromatic rings. The van der Waals surface area contributed by atoms with Crippen LogP contribution in [0.5, 0.6) is 0 Å². The summed E-state index contributed by atoms with van der Waals surface area (Å²) in [6.07, 6.45) is 1.52. The highest BCUT2D eigenvalue weighted by molar-refractivity contribution is 5.21. The molecule has 1 aliphatic carbocycles. The van der Waals surface area contributed by atoms with Crippen molar-refractivity contribution in [3.63, 3.8) is 0 Å². The Kier molecular flexibility index (Phi) is 4.03. The molecule has 19 heavy (non-hydrogen) atoms. The van der Waals surface area contributed by atoms with Crippen molar-refractivity contribution in [3.8, 4) is 0 Å². The average Bonchev–Trinajstić information content (AvgIpc) is 2.74. The van der Waals surface area contributed by atoms with Crippen molar-refractivity contribution in [3.05, 3.63) is 0 Å². The van der Waals surface area contributed by atoms with Gasteiger partial charge in [0.25, 0.3) is 0 Å². The van der Waals surface area contributed by atoms with Crippen LogP contribution in [0.15, 0.2) is 0 Å². The maximum absolute atomic E-state index is 6.86. The lowest BCUT2D eigenvalue weighted by Gasteiger charge is -2.63. The normalized spacial score (nSPS) is 36.9. The van der Waals surface area contributed by atoms with Crippen LogP contribution in [0.2, 0.25) is 0 Å². The Bertz CT molecular complexity index is 327. The predicted octanol–water partition coefficient (Wildman–Crippen LogP) is 2.50. The third kappa shape index (κ3) is 2.34. The highest BCUT2D eigenvalue weighted by atomic mass is 16.5. The van der Waals surface area contributed by atoms with Crippen LogP contribution in [0.3, 0.4) is 0 Å². The Morgan fingerprint density at radius 2 is 1.89 bits per heavy atom. The van der Waals surface area contributed by atoms with Gasteiger partial charge in [-0.3, -0.25) is 4.90 Å². The smallest absolute Gasteiger partial charge is 0.0691 e. The van der Waals surface area contributed by atoms with Crippen molar-refractivity contribution < 1.29 is 4.74 Å². The number of ether oxygens (including phenoxy) is 1. The van der Waals surface area contributed by atoms with Crippen molar-refractivity contribution in [2.75, 3.05) is 19.7 Å². The number of rotatable bonds is 5. The number of hydrogen-bond donors (Lipinski definition) is 1. The van der Waals surface area contributed by atoms with E-state index in [1.54, 1.807) is 0 Å². The molecule has 0 spiro atoms. The lowest BCUT2D eigenvalue weighted by atomic mass is 9.48. The van der Waals surface area contributed by atoms with Crippen LogP contribution in [-0.4, -0.2) is 42.3 Å². The van der Waals surface area contributed by atoms with Gasteiger partial charge in [0.05, 0.1) is 6.10 Å². The molecule has 2 rings (SSSR count). The topological polar surface area (TPSA) is 38.5 Å². The Balaban J connectivity index is 2.11. The Labute approximate surface area is 118 Å². The first-order valence-corrected chi connectivity index (χ1v) is 7.84. The summed E-state index contributed by atoms with van der Waals surface area (Å²) in [5.74, 6) is 1.24. The molecule has 2 fully saturated rings. The standard InChI is InChI=1S/C16H32N2O/c1-11(2)9-18(12(3)4)10-16(17)13-7-8-19-14(13)15(16,5)6/h11-14H,7-10,17H2,1-6H3. The van der Waals surface area contributed by atoms with E-state index in [4.69, 9.17) is 10.5 Å². The second-order valence-electron chi connectivity index (χ2n) is 7.87. The summed E-state index contributed by atoms with van der Waals surface area (Å²) in [5, 5.41) is 0. The summed E-state index contributed by atoms with van der Waals surface area (Å²) >= 11 is 0. The maximum Gasteiger partial charge on any atom is 0.0691 e. The van der Waals surface area contributed by atoms with Gasteiger partial charge >= 0.3 is 0 Å². The molecule has 3 nitrogen and oxygen atoms in total. The van der Waals surface area contributed by atoms with E-state index in [0.29, 0.717) is 24.0 Å². The summed E-state index contributed by atoms with van der Waals surface area (Å²) in [5.41, 5.74) is 6.86. The van der Waals surface area contributed by atoms with Gasteiger partial charge < -0.3 is 10.5 Å². The molecule has 3 atom stereocenters. The number of fused-ring (bicyclic) bond motifs is 1. The Morgan fingerprint density at radius 1 is 1.26 bits per heavy atom. The summed E-state index contributed by atoms with van der Waals surface area (Å²) in [7, 11) is 0. The highest BCUT2D eigenvalue weighted by Crippen LogP contribution is 2.58. The molecule has 0 radical (unpaired) electrons. The van der Waals surface area contributed by atoms with Crippen LogP contribution in [0.1, 0.15) is 48.0 Å². The second kappa shape index (κ2) is 5.01. The second-order valence-corrected chi connectivity index (χ2v) is 7.87. The molecule has 1 saturated carbocycles. The van der Waals surface area contributed by atoms with Crippen molar-refractivity contribution >= 4 is 0 Å². The molecule has 0 aromatic carbocycles. The third-order valence-corrected chi connectivity index (χ3v) is 5.46. The van der Waals surface area contributed by atoms with E-state index in [-0.39, 0.29) is 11.0 Å². The van der Waals surface area contributed by atoms with Crippen molar-refractivity contribution in [2.24, 2.45) is 23.0 Å². The first-order valence-electron chi connectivity index (χ1n) is 7.84. The van der Waals surface area contributed by atoms with Crippen LogP contribution in [-0.2, 0) is 4.74 Å². The fourth-order valence-electron chi connectivity index (χ4n) is 4.06. The predicted molar refractivity (Wildman–Crippen MR) is 80.1 cm³/mol. The van der Waals surface area contributed by atoms with E-state index in [9.17, 15) is 0 Å². The zero-order chi connectivity index (χ0) is 14.4. The fraction of sp³-hybridized carbons (Fsp3) is 1.00. The molecule has 3 unspecified atom stereocenters. The van der Waals surface area contributed by atoms with Crippen molar-refractivity contribution in [1.82, 2.24) is 4.90 Å². The Morgan fingerprint density at radius 3 is 2.42 bits per heavy atom. The molecule has 2 N–H and O–H groups in total. The van der Waals surface area contributed by atoms with Gasteiger partial charge in [0.2, 0.25) is 0 Å². The van der Waals surface area contributed by atoms with Crippen molar-refractivity contribution in [1.29, 1.82) is 0 Å². The summed E-state index contributed by atoms with van der Waals surface area (Å²) in [6.45, 7) is 16.7. The molecular formula is C16H32N2O. The minimum atomic E-state index is -0.0900. The average molecular weight is 268 g/mol. The van der Waals surface area contributed by atoms with Crippen LogP contribution in [0, 0.1) is 17.3 Å². The molecule has 1 aliphatic heterocycles. The minimum absolute atomic E-state index is 0.0900. The van der Waals surface area contributed by atoms with E-state index in [1.807, 2.05) is 0 Å². The van der Waals surface area contributed by atoms with Gasteiger partial charge in [0.15, 0.2) is 0 Å². The quantitative estimate of drug-likeness (QED) is 0.832. The van der Waals surface area contributed by atoms with Gasteiger partial charge in [0.1, 0.15) is 0 Å². The zero-order valence-electron chi connectivity index (χ0n) is 13.6. The van der Waals surface area contributed by atoms with Crippen LogP contribution in [0.25, 0.3) is 0 Å². The Hall–Kier alpha value is -0.120. The zero-order valence-corrected chi connectivity index (χ0v) is 13.6. The molecule has 0 bridgehead atoms. The molecule has 3 heteroatoms. The van der Waals surface area contributed by atoms with E-state index in [0.717, 1.165) is 26.1 Å².